The fourth-order valence-corrected chi connectivity index (χ4v) is 1.58. The molecule has 0 bridgehead atoms. The summed E-state index contributed by atoms with van der Waals surface area (Å²) in [4.78, 5) is 23.0. The normalized spacial score (nSPS) is 10.2. The molecule has 110 valence electrons. The molecule has 1 aromatic carbocycles. The van der Waals surface area contributed by atoms with Gasteiger partial charge in [-0.15, -0.1) is 0 Å². The van der Waals surface area contributed by atoms with Gasteiger partial charge in [0.2, 0.25) is 11.8 Å². The number of hydrogen-bond donors (Lipinski definition) is 2. The quantitative estimate of drug-likeness (QED) is 0.735. The molecule has 5 nitrogen and oxygen atoms in total. The molecule has 0 aliphatic carbocycles. The molecule has 5 heteroatoms. The maximum atomic E-state index is 11.7. The number of nitrogens with one attached hydrogen (secondary N) is 2. The van der Waals surface area contributed by atoms with E-state index >= 15 is 0 Å². The Hall–Kier alpha value is -2.04. The van der Waals surface area contributed by atoms with E-state index in [0.29, 0.717) is 19.5 Å². The molecule has 1 aromatic rings. The lowest BCUT2D eigenvalue weighted by Crippen LogP contribution is -2.36. The SMILES string of the molecule is COc1ccc(CC(=O)NCCNC(=O)C(C)C)cc1. The number of methoxy groups -OCH3 is 1. The Labute approximate surface area is 119 Å². The summed E-state index contributed by atoms with van der Waals surface area (Å²) in [5.41, 5.74) is 0.925. The van der Waals surface area contributed by atoms with Crippen molar-refractivity contribution >= 4 is 11.8 Å². The molecule has 0 aromatic heterocycles. The van der Waals surface area contributed by atoms with Crippen LogP contribution in [0.5, 0.6) is 5.75 Å². The van der Waals surface area contributed by atoms with E-state index in [1.165, 1.54) is 0 Å². The van der Waals surface area contributed by atoms with E-state index in [1.807, 2.05) is 38.1 Å². The Morgan fingerprint density at radius 3 is 2.25 bits per heavy atom. The van der Waals surface area contributed by atoms with Crippen molar-refractivity contribution in [2.45, 2.75) is 20.3 Å². The molecule has 0 saturated carbocycles. The number of ether oxygens (including phenoxy) is 1. The van der Waals surface area contributed by atoms with Crippen LogP contribution in [0.1, 0.15) is 19.4 Å². The van der Waals surface area contributed by atoms with E-state index in [2.05, 4.69) is 10.6 Å². The number of carbonyl (C=O) groups is 2. The number of amides is 2. The molecule has 2 amide bonds. The lowest BCUT2D eigenvalue weighted by Gasteiger charge is -2.09. The summed E-state index contributed by atoms with van der Waals surface area (Å²) in [6, 6.07) is 7.37. The highest BCUT2D eigenvalue weighted by molar-refractivity contribution is 5.79. The third-order valence-electron chi connectivity index (χ3n) is 2.79. The zero-order valence-corrected chi connectivity index (χ0v) is 12.2. The predicted octanol–water partition coefficient (Wildman–Crippen LogP) is 1.13. The minimum absolute atomic E-state index is 0.00518. The fraction of sp³-hybridized carbons (Fsp3) is 0.467. The van der Waals surface area contributed by atoms with Gasteiger partial charge in [-0.1, -0.05) is 26.0 Å². The Morgan fingerprint density at radius 2 is 1.70 bits per heavy atom. The van der Waals surface area contributed by atoms with Crippen LogP contribution in [0, 0.1) is 5.92 Å². The molecular formula is C15H22N2O3. The monoisotopic (exact) mass is 278 g/mol. The van der Waals surface area contributed by atoms with Crippen LogP contribution < -0.4 is 15.4 Å². The van der Waals surface area contributed by atoms with E-state index < -0.39 is 0 Å². The zero-order valence-electron chi connectivity index (χ0n) is 12.2. The van der Waals surface area contributed by atoms with Crippen molar-refractivity contribution in [1.29, 1.82) is 0 Å². The van der Waals surface area contributed by atoms with E-state index in [1.54, 1.807) is 7.11 Å². The first-order chi connectivity index (χ1) is 9.52. The van der Waals surface area contributed by atoms with Crippen molar-refractivity contribution in [1.82, 2.24) is 10.6 Å². The first-order valence-corrected chi connectivity index (χ1v) is 6.70. The van der Waals surface area contributed by atoms with Crippen molar-refractivity contribution in [3.05, 3.63) is 29.8 Å². The van der Waals surface area contributed by atoms with E-state index in [0.717, 1.165) is 11.3 Å². The van der Waals surface area contributed by atoms with Gasteiger partial charge in [-0.2, -0.15) is 0 Å². The number of carbonyl (C=O) groups excluding carboxylic acids is 2. The van der Waals surface area contributed by atoms with Gasteiger partial charge in [0, 0.05) is 19.0 Å². The van der Waals surface area contributed by atoms with Gasteiger partial charge < -0.3 is 15.4 Å². The second-order valence-electron chi connectivity index (χ2n) is 4.82. The van der Waals surface area contributed by atoms with Gasteiger partial charge in [-0.25, -0.2) is 0 Å². The highest BCUT2D eigenvalue weighted by atomic mass is 16.5. The van der Waals surface area contributed by atoms with Crippen LogP contribution >= 0.6 is 0 Å². The summed E-state index contributed by atoms with van der Waals surface area (Å²) in [7, 11) is 1.60. The number of benzene rings is 1. The van der Waals surface area contributed by atoms with Gasteiger partial charge >= 0.3 is 0 Å². The van der Waals surface area contributed by atoms with Crippen LogP contribution in [0.15, 0.2) is 24.3 Å². The minimum Gasteiger partial charge on any atom is -0.497 e. The van der Waals surface area contributed by atoms with Crippen LogP contribution in [0.4, 0.5) is 0 Å². The van der Waals surface area contributed by atoms with E-state index in [-0.39, 0.29) is 17.7 Å². The minimum atomic E-state index is -0.0611. The molecule has 2 N–H and O–H groups in total. The lowest BCUT2D eigenvalue weighted by molar-refractivity contribution is -0.124. The van der Waals surface area contributed by atoms with Gasteiger partial charge in [-0.05, 0) is 17.7 Å². The standard InChI is InChI=1S/C15H22N2O3/c1-11(2)15(19)17-9-8-16-14(18)10-12-4-6-13(20-3)7-5-12/h4-7,11H,8-10H2,1-3H3,(H,16,18)(H,17,19). The van der Waals surface area contributed by atoms with Crippen molar-refractivity contribution in [2.75, 3.05) is 20.2 Å². The molecule has 0 fully saturated rings. The molecule has 0 radical (unpaired) electrons. The smallest absolute Gasteiger partial charge is 0.224 e. The first-order valence-electron chi connectivity index (χ1n) is 6.70. The van der Waals surface area contributed by atoms with Crippen LogP contribution in [0.2, 0.25) is 0 Å². The van der Waals surface area contributed by atoms with Gasteiger partial charge in [0.05, 0.1) is 13.5 Å². The van der Waals surface area contributed by atoms with Crippen molar-refractivity contribution in [2.24, 2.45) is 5.92 Å². The first kappa shape index (κ1) is 16.0. The summed E-state index contributed by atoms with van der Waals surface area (Å²) in [5, 5.41) is 5.52. The Kier molecular flexibility index (Phi) is 6.56. The summed E-state index contributed by atoms with van der Waals surface area (Å²) in [6.07, 6.45) is 0.322. The van der Waals surface area contributed by atoms with Crippen molar-refractivity contribution in [3.8, 4) is 5.75 Å². The van der Waals surface area contributed by atoms with Crippen LogP contribution in [-0.2, 0) is 16.0 Å². The number of rotatable bonds is 7. The van der Waals surface area contributed by atoms with Gasteiger partial charge in [0.1, 0.15) is 5.75 Å². The van der Waals surface area contributed by atoms with Gasteiger partial charge in [0.15, 0.2) is 0 Å². The molecule has 0 aliphatic heterocycles. The van der Waals surface area contributed by atoms with Crippen molar-refractivity contribution < 1.29 is 14.3 Å². The topological polar surface area (TPSA) is 67.4 Å². The molecule has 0 spiro atoms. The molecule has 0 unspecified atom stereocenters. The molecule has 0 saturated heterocycles. The molecule has 1 rings (SSSR count). The van der Waals surface area contributed by atoms with Crippen LogP contribution in [0.25, 0.3) is 0 Å². The summed E-state index contributed by atoms with van der Waals surface area (Å²) in [5.74, 6) is 0.666. The Bertz CT molecular complexity index is 441. The number of hydrogen-bond acceptors (Lipinski definition) is 3. The third-order valence-corrected chi connectivity index (χ3v) is 2.79. The maximum absolute atomic E-state index is 11.7. The summed E-state index contributed by atoms with van der Waals surface area (Å²) < 4.78 is 5.05. The highest BCUT2D eigenvalue weighted by Crippen LogP contribution is 2.11. The second kappa shape index (κ2) is 8.19. The molecule has 0 atom stereocenters. The summed E-state index contributed by atoms with van der Waals surface area (Å²) in [6.45, 7) is 4.55. The van der Waals surface area contributed by atoms with E-state index in [9.17, 15) is 9.59 Å². The second-order valence-corrected chi connectivity index (χ2v) is 4.82. The Morgan fingerprint density at radius 1 is 1.10 bits per heavy atom. The fourth-order valence-electron chi connectivity index (χ4n) is 1.58. The molecule has 0 aliphatic rings. The molecule has 20 heavy (non-hydrogen) atoms. The zero-order chi connectivity index (χ0) is 15.0. The maximum Gasteiger partial charge on any atom is 0.224 e. The lowest BCUT2D eigenvalue weighted by atomic mass is 10.1. The molecular weight excluding hydrogens is 256 g/mol. The van der Waals surface area contributed by atoms with Crippen LogP contribution in [0.3, 0.4) is 0 Å². The molecule has 0 heterocycles. The van der Waals surface area contributed by atoms with Crippen molar-refractivity contribution in [3.63, 3.8) is 0 Å². The highest BCUT2D eigenvalue weighted by Gasteiger charge is 2.06. The van der Waals surface area contributed by atoms with Gasteiger partial charge in [0.25, 0.3) is 0 Å². The largest absolute Gasteiger partial charge is 0.497 e. The predicted molar refractivity (Wildman–Crippen MR) is 77.6 cm³/mol. The average Bonchev–Trinajstić information content (AvgIpc) is 2.44. The van der Waals surface area contributed by atoms with Crippen LogP contribution in [-0.4, -0.2) is 32.0 Å². The average molecular weight is 278 g/mol. The third kappa shape index (κ3) is 5.73. The van der Waals surface area contributed by atoms with E-state index in [4.69, 9.17) is 4.74 Å². The Balaban J connectivity index is 2.24. The van der Waals surface area contributed by atoms with Gasteiger partial charge in [-0.3, -0.25) is 9.59 Å². The summed E-state index contributed by atoms with van der Waals surface area (Å²) >= 11 is 0.